The highest BCUT2D eigenvalue weighted by molar-refractivity contribution is 7.90. The fraction of sp³-hybridized carbons (Fsp3) is 0.605. The number of aliphatic hydroxyl groups excluding tert-OH is 1. The van der Waals surface area contributed by atoms with Gasteiger partial charge in [0.25, 0.3) is 5.91 Å². The van der Waals surface area contributed by atoms with Crippen LogP contribution in [-0.4, -0.2) is 56.6 Å². The van der Waals surface area contributed by atoms with Crippen molar-refractivity contribution in [2.45, 2.75) is 94.7 Å². The van der Waals surface area contributed by atoms with E-state index >= 15 is 0 Å². The van der Waals surface area contributed by atoms with Crippen LogP contribution in [0.1, 0.15) is 92.8 Å². The first kappa shape index (κ1) is 33.9. The lowest BCUT2D eigenvalue weighted by molar-refractivity contribution is -0.100. The Bertz CT molecular complexity index is 1680. The van der Waals surface area contributed by atoms with Crippen LogP contribution >= 0.6 is 11.6 Å². The maximum Gasteiger partial charge on any atom is 0.264 e. The number of anilines is 1. The van der Waals surface area contributed by atoms with E-state index in [1.807, 2.05) is 31.2 Å². The molecular weight excluding hydrogens is 648 g/mol. The fourth-order valence-corrected chi connectivity index (χ4v) is 10.1. The average Bonchev–Trinajstić information content (AvgIpc) is 3.91. The lowest BCUT2D eigenvalue weighted by Crippen LogP contribution is -2.52. The SMILES string of the molecule is CO[C@@]1(C[C@H](O)C2CC2)/C=C/C[C@H](C)[C@@H](C)S(=O)(=O)NC(=O)c2ccc3c(c2)N(C[C@H]2CCCc4cc(Cl)ccc4C2O3)C[C@@H]2CC[C@H]21. The minimum absolute atomic E-state index is 0.174. The number of halogens is 1. The van der Waals surface area contributed by atoms with E-state index in [0.29, 0.717) is 30.4 Å². The van der Waals surface area contributed by atoms with Gasteiger partial charge in [0.15, 0.2) is 0 Å². The van der Waals surface area contributed by atoms with Crippen molar-refractivity contribution in [1.29, 1.82) is 0 Å². The molecule has 2 aromatic carbocycles. The van der Waals surface area contributed by atoms with Gasteiger partial charge in [-0.25, -0.2) is 13.1 Å². The Morgan fingerprint density at radius 1 is 1.08 bits per heavy atom. The summed E-state index contributed by atoms with van der Waals surface area (Å²) in [5.41, 5.74) is 2.80. The summed E-state index contributed by atoms with van der Waals surface area (Å²) in [6, 6.07) is 11.4. The van der Waals surface area contributed by atoms with Crippen LogP contribution in [0.3, 0.4) is 0 Å². The summed E-state index contributed by atoms with van der Waals surface area (Å²) in [7, 11) is -2.21. The quantitative estimate of drug-likeness (QED) is 0.337. The number of rotatable bonds is 4. The molecule has 3 aliphatic carbocycles. The number of nitrogens with zero attached hydrogens (tertiary/aromatic N) is 1. The Balaban J connectivity index is 1.31. The van der Waals surface area contributed by atoms with E-state index < -0.39 is 32.9 Å². The number of carbonyl (C=O) groups is 1. The van der Waals surface area contributed by atoms with Crippen molar-refractivity contribution in [3.05, 3.63) is 70.3 Å². The Labute approximate surface area is 290 Å². The number of benzene rings is 2. The van der Waals surface area contributed by atoms with Crippen molar-refractivity contribution in [2.75, 3.05) is 25.1 Å². The number of fused-ring (bicyclic) bond motifs is 5. The lowest BCUT2D eigenvalue weighted by Gasteiger charge is -2.50. The molecule has 260 valence electrons. The molecule has 2 heterocycles. The van der Waals surface area contributed by atoms with Crippen molar-refractivity contribution in [1.82, 2.24) is 4.72 Å². The van der Waals surface area contributed by atoms with Gasteiger partial charge in [-0.2, -0.15) is 0 Å². The van der Waals surface area contributed by atoms with E-state index in [2.05, 4.69) is 27.8 Å². The predicted octanol–water partition coefficient (Wildman–Crippen LogP) is 6.85. The van der Waals surface area contributed by atoms with E-state index in [1.165, 1.54) is 5.56 Å². The second-order valence-corrected chi connectivity index (χ2v) is 17.6. The molecule has 10 heteroatoms. The Morgan fingerprint density at radius 3 is 2.60 bits per heavy atom. The van der Waals surface area contributed by atoms with Crippen LogP contribution in [0.15, 0.2) is 48.6 Å². The van der Waals surface area contributed by atoms with E-state index in [-0.39, 0.29) is 29.4 Å². The highest BCUT2D eigenvalue weighted by Crippen LogP contribution is 2.51. The molecule has 8 nitrogen and oxygen atoms in total. The molecular formula is C38H49ClN2O6S. The zero-order valence-electron chi connectivity index (χ0n) is 28.2. The first-order chi connectivity index (χ1) is 23.0. The molecule has 5 aliphatic rings. The molecule has 48 heavy (non-hydrogen) atoms. The van der Waals surface area contributed by atoms with Gasteiger partial charge in [0.2, 0.25) is 10.0 Å². The van der Waals surface area contributed by atoms with Crippen LogP contribution in [0, 0.1) is 29.6 Å². The van der Waals surface area contributed by atoms with Gasteiger partial charge in [-0.1, -0.05) is 36.7 Å². The lowest BCUT2D eigenvalue weighted by atomic mass is 9.62. The van der Waals surface area contributed by atoms with Crippen LogP contribution in [0.25, 0.3) is 0 Å². The van der Waals surface area contributed by atoms with Gasteiger partial charge in [0.1, 0.15) is 11.9 Å². The van der Waals surface area contributed by atoms with Crippen molar-refractivity contribution in [3.63, 3.8) is 0 Å². The third-order valence-electron chi connectivity index (χ3n) is 12.1. The first-order valence-corrected chi connectivity index (χ1v) is 19.7. The number of sulfonamides is 1. The van der Waals surface area contributed by atoms with Gasteiger partial charge in [-0.15, -0.1) is 0 Å². The average molecular weight is 697 g/mol. The van der Waals surface area contributed by atoms with Crippen molar-refractivity contribution < 1.29 is 27.8 Å². The Kier molecular flexibility index (Phi) is 9.37. The number of methoxy groups -OCH3 is 1. The van der Waals surface area contributed by atoms with E-state index in [9.17, 15) is 18.3 Å². The number of hydrogen-bond donors (Lipinski definition) is 2. The van der Waals surface area contributed by atoms with Crippen LogP contribution in [0.5, 0.6) is 5.75 Å². The number of allylic oxidation sites excluding steroid dienone is 1. The standard InChI is InChI=1S/C38H49ClN2O6S/c1-23-6-5-17-38(46-3,20-34(42)25-9-10-25)32-15-11-28(32)21-41-22-29-8-4-7-26-18-30(39)13-14-31(26)36(29)47-35-16-12-27(19-33(35)41)37(43)40-48(44,45)24(23)2/h5,12-14,16-19,23-25,28-29,32,34,36,42H,4,6-11,15,20-22H2,1-3H3,(H,40,43)/b17-5+/t23-,24+,28-,29+,32+,34-,36?,38+/m0/s1. The summed E-state index contributed by atoms with van der Waals surface area (Å²) in [5.74, 6) is 0.800. The summed E-state index contributed by atoms with van der Waals surface area (Å²) in [5, 5.41) is 11.2. The van der Waals surface area contributed by atoms with Crippen molar-refractivity contribution in [2.24, 2.45) is 29.6 Å². The minimum atomic E-state index is -3.96. The number of aryl methyl sites for hydroxylation is 1. The molecule has 2 aromatic rings. The predicted molar refractivity (Wildman–Crippen MR) is 188 cm³/mol. The van der Waals surface area contributed by atoms with Crippen molar-refractivity contribution >= 4 is 33.2 Å². The normalized spacial score (nSPS) is 34.4. The smallest absolute Gasteiger partial charge is 0.264 e. The number of hydrogen-bond acceptors (Lipinski definition) is 7. The maximum absolute atomic E-state index is 13.5. The van der Waals surface area contributed by atoms with Gasteiger partial charge in [0, 0.05) is 43.1 Å². The second kappa shape index (κ2) is 13.3. The van der Waals surface area contributed by atoms with Gasteiger partial charge in [-0.05, 0) is 123 Å². The van der Waals surface area contributed by atoms with Gasteiger partial charge < -0.3 is 19.5 Å². The third kappa shape index (κ3) is 6.52. The van der Waals surface area contributed by atoms with Crippen LogP contribution in [0.4, 0.5) is 5.69 Å². The second-order valence-electron chi connectivity index (χ2n) is 15.1. The first-order valence-electron chi connectivity index (χ1n) is 17.8. The fourth-order valence-electron chi connectivity index (χ4n) is 8.67. The summed E-state index contributed by atoms with van der Waals surface area (Å²) in [6.07, 6.45) is 11.6. The molecule has 8 atom stereocenters. The van der Waals surface area contributed by atoms with Gasteiger partial charge in [-0.3, -0.25) is 4.79 Å². The van der Waals surface area contributed by atoms with Crippen LogP contribution in [0.2, 0.25) is 5.02 Å². The zero-order chi connectivity index (χ0) is 33.8. The molecule has 0 saturated heterocycles. The molecule has 2 bridgehead atoms. The molecule has 1 unspecified atom stereocenters. The summed E-state index contributed by atoms with van der Waals surface area (Å²) in [4.78, 5) is 15.9. The number of ether oxygens (including phenoxy) is 2. The summed E-state index contributed by atoms with van der Waals surface area (Å²) in [6.45, 7) is 5.03. The summed E-state index contributed by atoms with van der Waals surface area (Å²) < 4.78 is 42.6. The Morgan fingerprint density at radius 2 is 1.88 bits per heavy atom. The molecule has 7 rings (SSSR count). The van der Waals surface area contributed by atoms with E-state index in [1.54, 1.807) is 20.1 Å². The molecule has 1 amide bonds. The van der Waals surface area contributed by atoms with Crippen molar-refractivity contribution in [3.8, 4) is 5.75 Å². The highest BCUT2D eigenvalue weighted by Gasteiger charge is 2.50. The molecule has 0 radical (unpaired) electrons. The molecule has 2 aliphatic heterocycles. The van der Waals surface area contributed by atoms with Gasteiger partial charge in [0.05, 0.1) is 22.6 Å². The monoisotopic (exact) mass is 696 g/mol. The number of carbonyl (C=O) groups excluding carboxylic acids is 1. The number of nitrogens with one attached hydrogen (secondary N) is 1. The molecule has 2 saturated carbocycles. The molecule has 2 N–H and O–H groups in total. The highest BCUT2D eigenvalue weighted by atomic mass is 35.5. The Hall–Kier alpha value is -2.59. The third-order valence-corrected chi connectivity index (χ3v) is 14.3. The molecule has 2 fully saturated rings. The van der Waals surface area contributed by atoms with Gasteiger partial charge >= 0.3 is 0 Å². The van der Waals surface area contributed by atoms with Crippen LogP contribution in [-0.2, 0) is 21.2 Å². The maximum atomic E-state index is 13.5. The molecule has 0 spiro atoms. The zero-order valence-corrected chi connectivity index (χ0v) is 29.8. The minimum Gasteiger partial charge on any atom is -0.483 e. The van der Waals surface area contributed by atoms with E-state index in [4.69, 9.17) is 21.1 Å². The number of aliphatic hydroxyl groups is 1. The van der Waals surface area contributed by atoms with Crippen LogP contribution < -0.4 is 14.4 Å². The van der Waals surface area contributed by atoms with E-state index in [0.717, 1.165) is 74.3 Å². The topological polar surface area (TPSA) is 105 Å². The summed E-state index contributed by atoms with van der Waals surface area (Å²) >= 11 is 6.42. The molecule has 0 aromatic heterocycles. The number of amides is 1. The largest absolute Gasteiger partial charge is 0.483 e.